The second-order valence-electron chi connectivity index (χ2n) is 2.46. The van der Waals surface area contributed by atoms with Crippen molar-refractivity contribution in [2.45, 2.75) is 5.79 Å². The number of nitrogens with one attached hydrogen (secondary N) is 1. The van der Waals surface area contributed by atoms with Crippen LogP contribution in [-0.2, 0) is 0 Å². The summed E-state index contributed by atoms with van der Waals surface area (Å²) in [6, 6.07) is 0. The van der Waals surface area contributed by atoms with Gasteiger partial charge in [-0.15, -0.1) is 0 Å². The summed E-state index contributed by atoms with van der Waals surface area (Å²) in [7, 11) is 0. The number of rotatable bonds is 2. The average molecular weight is 202 g/mol. The van der Waals surface area contributed by atoms with E-state index in [1.54, 1.807) is 0 Å². The highest BCUT2D eigenvalue weighted by atomic mass is 16.6. The molecule has 0 aromatic rings. The highest BCUT2D eigenvalue weighted by Crippen LogP contribution is 2.09. The number of aliphatic imine (C=N–C) groups is 1. The van der Waals surface area contributed by atoms with Crippen LogP contribution < -0.4 is 16.8 Å². The fraction of sp³-hybridized carbons (Fsp3) is 0.250. The molecular formula is C4H6N6O4. The molecule has 5 N–H and O–H groups in total. The summed E-state index contributed by atoms with van der Waals surface area (Å²) in [6.07, 6.45) is 0.613. The molecule has 0 spiro atoms. The molecule has 1 aliphatic rings. The van der Waals surface area contributed by atoms with Crippen molar-refractivity contribution in [3.8, 4) is 0 Å². The highest BCUT2D eigenvalue weighted by molar-refractivity contribution is 5.69. The van der Waals surface area contributed by atoms with Crippen LogP contribution in [0.3, 0.4) is 0 Å². The molecule has 14 heavy (non-hydrogen) atoms. The number of nitrogens with two attached hydrogens (primary N) is 2. The van der Waals surface area contributed by atoms with Crippen molar-refractivity contribution < 1.29 is 9.85 Å². The van der Waals surface area contributed by atoms with E-state index in [1.807, 2.05) is 5.32 Å². The van der Waals surface area contributed by atoms with Crippen molar-refractivity contribution in [2.24, 2.45) is 16.5 Å². The van der Waals surface area contributed by atoms with Crippen LogP contribution >= 0.6 is 0 Å². The monoisotopic (exact) mass is 202 g/mol. The van der Waals surface area contributed by atoms with E-state index in [1.165, 1.54) is 0 Å². The topological polar surface area (TPSA) is 163 Å². The zero-order chi connectivity index (χ0) is 10.9. The van der Waals surface area contributed by atoms with Crippen molar-refractivity contribution in [2.75, 3.05) is 0 Å². The van der Waals surface area contributed by atoms with E-state index in [0.717, 1.165) is 0 Å². The van der Waals surface area contributed by atoms with Gasteiger partial charge in [0.1, 0.15) is 0 Å². The van der Waals surface area contributed by atoms with Crippen LogP contribution in [0.4, 0.5) is 0 Å². The van der Waals surface area contributed by atoms with Crippen LogP contribution in [0.15, 0.2) is 16.6 Å². The molecule has 1 rings (SSSR count). The number of nitro groups is 2. The molecule has 0 aromatic heterocycles. The van der Waals surface area contributed by atoms with E-state index in [9.17, 15) is 20.2 Å². The molecule has 10 nitrogen and oxygen atoms in total. The molecule has 0 radical (unpaired) electrons. The smallest absolute Gasteiger partial charge is 0.378 e. The van der Waals surface area contributed by atoms with E-state index in [4.69, 9.17) is 11.5 Å². The van der Waals surface area contributed by atoms with Gasteiger partial charge in [-0.3, -0.25) is 15.4 Å². The van der Waals surface area contributed by atoms with Crippen LogP contribution in [0.1, 0.15) is 0 Å². The molecule has 0 saturated carbocycles. The van der Waals surface area contributed by atoms with Gasteiger partial charge in [0, 0.05) is 0 Å². The average Bonchev–Trinajstić information content (AvgIpc) is 2.02. The van der Waals surface area contributed by atoms with Gasteiger partial charge in [0.15, 0.2) is 0 Å². The lowest BCUT2D eigenvalue weighted by Crippen LogP contribution is -2.63. The van der Waals surface area contributed by atoms with E-state index < -0.39 is 27.3 Å². The molecule has 1 heterocycles. The molecule has 0 aromatic carbocycles. The maximum Gasteiger partial charge on any atom is 0.412 e. The standard InChI is InChI=1S/C4H6N6O4/c5-2-3(9(11)12)7-1-4(6,8-2)10(13)14/h1,8H,5-6H2. The second kappa shape index (κ2) is 2.92. The largest absolute Gasteiger partial charge is 0.412 e. The number of hydrogen-bond donors (Lipinski definition) is 3. The molecule has 0 aliphatic carbocycles. The summed E-state index contributed by atoms with van der Waals surface area (Å²) in [5, 5.41) is 22.6. The summed E-state index contributed by atoms with van der Waals surface area (Å²) in [6.45, 7) is 0. The Kier molecular flexibility index (Phi) is 2.05. The second-order valence-corrected chi connectivity index (χ2v) is 2.46. The van der Waals surface area contributed by atoms with Crippen molar-refractivity contribution in [3.63, 3.8) is 0 Å². The SMILES string of the molecule is NC1=C([N+](=O)[O-])N=CC(N)([N+](=O)[O-])N1. The Labute approximate surface area is 76.6 Å². The quantitative estimate of drug-likeness (QED) is 0.262. The molecule has 1 unspecified atom stereocenters. The van der Waals surface area contributed by atoms with Crippen LogP contribution in [0, 0.1) is 20.2 Å². The normalized spacial score (nSPS) is 25.8. The Morgan fingerprint density at radius 3 is 2.43 bits per heavy atom. The van der Waals surface area contributed by atoms with Gasteiger partial charge in [0.25, 0.3) is 0 Å². The van der Waals surface area contributed by atoms with Crippen LogP contribution in [0.25, 0.3) is 0 Å². The van der Waals surface area contributed by atoms with Gasteiger partial charge >= 0.3 is 11.6 Å². The first-order chi connectivity index (χ1) is 6.37. The van der Waals surface area contributed by atoms with Crippen LogP contribution in [0.5, 0.6) is 0 Å². The van der Waals surface area contributed by atoms with E-state index in [2.05, 4.69) is 4.99 Å². The summed E-state index contributed by atoms with van der Waals surface area (Å²) < 4.78 is 0. The molecule has 0 saturated heterocycles. The minimum atomic E-state index is -2.19. The Bertz CT molecular complexity index is 361. The molecular weight excluding hydrogens is 196 g/mol. The van der Waals surface area contributed by atoms with Gasteiger partial charge < -0.3 is 15.8 Å². The molecule has 1 atom stereocenters. The Morgan fingerprint density at radius 1 is 1.50 bits per heavy atom. The van der Waals surface area contributed by atoms with E-state index in [-0.39, 0.29) is 0 Å². The van der Waals surface area contributed by atoms with Crippen LogP contribution in [0.2, 0.25) is 0 Å². The summed E-state index contributed by atoms with van der Waals surface area (Å²) >= 11 is 0. The zero-order valence-electron chi connectivity index (χ0n) is 6.71. The third-order valence-electron chi connectivity index (χ3n) is 1.43. The molecule has 0 fully saturated rings. The fourth-order valence-electron chi connectivity index (χ4n) is 0.771. The van der Waals surface area contributed by atoms with Crippen molar-refractivity contribution in [1.29, 1.82) is 0 Å². The third-order valence-corrected chi connectivity index (χ3v) is 1.43. The van der Waals surface area contributed by atoms with Gasteiger partial charge in [-0.25, -0.2) is 5.73 Å². The van der Waals surface area contributed by atoms with Crippen molar-refractivity contribution in [1.82, 2.24) is 5.32 Å². The molecule has 1 aliphatic heterocycles. The van der Waals surface area contributed by atoms with Gasteiger partial charge in [-0.05, 0) is 9.92 Å². The fourth-order valence-corrected chi connectivity index (χ4v) is 0.771. The Hall–Kier alpha value is -2.23. The molecule has 76 valence electrons. The molecule has 0 amide bonds. The van der Waals surface area contributed by atoms with Gasteiger partial charge in [0.05, 0.1) is 4.92 Å². The maximum atomic E-state index is 10.4. The van der Waals surface area contributed by atoms with Crippen LogP contribution in [-0.4, -0.2) is 21.8 Å². The minimum Gasteiger partial charge on any atom is -0.378 e. The highest BCUT2D eigenvalue weighted by Gasteiger charge is 2.44. The number of hydrogen-bond acceptors (Lipinski definition) is 8. The van der Waals surface area contributed by atoms with Crippen molar-refractivity contribution in [3.05, 3.63) is 31.9 Å². The predicted molar refractivity (Wildman–Crippen MR) is 43.7 cm³/mol. The first-order valence-electron chi connectivity index (χ1n) is 3.28. The lowest BCUT2D eigenvalue weighted by molar-refractivity contribution is -0.552. The van der Waals surface area contributed by atoms with Gasteiger partial charge in [-0.2, -0.15) is 0 Å². The Morgan fingerprint density at radius 2 is 2.07 bits per heavy atom. The molecule has 0 bridgehead atoms. The van der Waals surface area contributed by atoms with Gasteiger partial charge in [0.2, 0.25) is 12.0 Å². The Balaban J connectivity index is 3.02. The third kappa shape index (κ3) is 1.45. The molecule has 10 heteroatoms. The van der Waals surface area contributed by atoms with E-state index in [0.29, 0.717) is 6.21 Å². The summed E-state index contributed by atoms with van der Waals surface area (Å²) in [4.78, 5) is 22.0. The number of nitrogens with zero attached hydrogens (tertiary/aromatic N) is 3. The minimum absolute atomic E-state index is 0.545. The first-order valence-corrected chi connectivity index (χ1v) is 3.28. The van der Waals surface area contributed by atoms with Crippen molar-refractivity contribution >= 4 is 6.21 Å². The lowest BCUT2D eigenvalue weighted by atomic mass is 10.3. The zero-order valence-corrected chi connectivity index (χ0v) is 6.71. The van der Waals surface area contributed by atoms with E-state index >= 15 is 0 Å². The summed E-state index contributed by atoms with van der Waals surface area (Å²) in [5.74, 6) is -3.44. The lowest BCUT2D eigenvalue weighted by Gasteiger charge is -2.18. The maximum absolute atomic E-state index is 10.4. The summed E-state index contributed by atoms with van der Waals surface area (Å²) in [5.41, 5.74) is 10.3. The first kappa shape index (κ1) is 9.85. The van der Waals surface area contributed by atoms with Gasteiger partial charge in [-0.1, -0.05) is 0 Å². The predicted octanol–water partition coefficient (Wildman–Crippen LogP) is -2.09.